The van der Waals surface area contributed by atoms with Gasteiger partial charge in [0.1, 0.15) is 12.3 Å². The first-order valence-corrected chi connectivity index (χ1v) is 8.79. The highest BCUT2D eigenvalue weighted by molar-refractivity contribution is 4.90. The van der Waals surface area contributed by atoms with E-state index in [1.54, 1.807) is 11.1 Å². The Labute approximate surface area is 140 Å². The summed E-state index contributed by atoms with van der Waals surface area (Å²) >= 11 is 0. The molecule has 5 heteroatoms. The molecule has 2 aliphatic rings. The summed E-state index contributed by atoms with van der Waals surface area (Å²) in [5.74, 6) is 0.285. The minimum atomic E-state index is -0.900. The summed E-state index contributed by atoms with van der Waals surface area (Å²) in [6, 6.07) is 0. The average molecular weight is 327 g/mol. The van der Waals surface area contributed by atoms with E-state index in [1.807, 2.05) is 13.0 Å². The molecule has 2 N–H and O–H groups in total. The summed E-state index contributed by atoms with van der Waals surface area (Å²) in [6.07, 6.45) is 6.81. The number of aliphatic hydroxyl groups excluding tert-OH is 2. The van der Waals surface area contributed by atoms with E-state index in [-0.39, 0.29) is 12.7 Å². The Bertz CT molecular complexity index is 396. The van der Waals surface area contributed by atoms with Crippen LogP contribution in [0.25, 0.3) is 0 Å². The molecule has 1 aliphatic carbocycles. The Kier molecular flexibility index (Phi) is 6.11. The molecule has 1 saturated carbocycles. The van der Waals surface area contributed by atoms with Gasteiger partial charge >= 0.3 is 0 Å². The Morgan fingerprint density at radius 1 is 1.30 bits per heavy atom. The average Bonchev–Trinajstić information content (AvgIpc) is 2.88. The smallest absolute Gasteiger partial charge is 0.169 e. The van der Waals surface area contributed by atoms with E-state index in [9.17, 15) is 5.11 Å². The molecule has 134 valence electrons. The number of rotatable bonds is 5. The molecule has 0 aromatic heterocycles. The first-order valence-electron chi connectivity index (χ1n) is 8.79. The molecule has 0 bridgehead atoms. The van der Waals surface area contributed by atoms with Gasteiger partial charge in [-0.1, -0.05) is 26.8 Å². The largest absolute Gasteiger partial charge is 0.392 e. The molecule has 1 heterocycles. The van der Waals surface area contributed by atoms with Crippen molar-refractivity contribution in [2.24, 2.45) is 11.3 Å². The van der Waals surface area contributed by atoms with E-state index in [2.05, 4.69) is 20.8 Å². The molecule has 2 atom stereocenters. The van der Waals surface area contributed by atoms with Gasteiger partial charge in [0, 0.05) is 19.4 Å². The van der Waals surface area contributed by atoms with Gasteiger partial charge in [0.05, 0.1) is 13.2 Å². The molecular formula is C18H33NO4. The third-order valence-electron chi connectivity index (χ3n) is 5.19. The lowest BCUT2D eigenvalue weighted by atomic mass is 9.71. The molecule has 5 nitrogen and oxygen atoms in total. The van der Waals surface area contributed by atoms with Crippen molar-refractivity contribution in [3.05, 3.63) is 12.3 Å². The normalized spacial score (nSPS) is 33.5. The molecule has 1 saturated heterocycles. The minimum Gasteiger partial charge on any atom is -0.392 e. The summed E-state index contributed by atoms with van der Waals surface area (Å²) in [5, 5.41) is 19.0. The van der Waals surface area contributed by atoms with Crippen molar-refractivity contribution in [1.82, 2.24) is 4.90 Å². The number of allylic oxidation sites excluding steroid dienone is 1. The predicted molar refractivity (Wildman–Crippen MR) is 89.6 cm³/mol. The van der Waals surface area contributed by atoms with E-state index in [4.69, 9.17) is 14.6 Å². The van der Waals surface area contributed by atoms with Gasteiger partial charge in [-0.15, -0.1) is 0 Å². The van der Waals surface area contributed by atoms with E-state index in [0.717, 1.165) is 31.6 Å². The number of nitrogens with zero attached hydrogens (tertiary/aromatic N) is 1. The highest BCUT2D eigenvalue weighted by atomic mass is 16.7. The van der Waals surface area contributed by atoms with Gasteiger partial charge in [-0.25, -0.2) is 0 Å². The standard InChI is InChI=1S/C18H33NO4/c1-5-10-19(16(21)12-20)11-15-13-22-18(23-15)8-6-14(7-9-18)17(2,3)4/h5,10,14-16,20-21H,6-9,11-13H2,1-4H3/b10-5+. The fraction of sp³-hybridized carbons (Fsp3) is 0.889. The topological polar surface area (TPSA) is 62.2 Å². The highest BCUT2D eigenvalue weighted by Gasteiger charge is 2.46. The molecule has 23 heavy (non-hydrogen) atoms. The third kappa shape index (κ3) is 4.69. The monoisotopic (exact) mass is 327 g/mol. The zero-order chi connectivity index (χ0) is 17.1. The maximum Gasteiger partial charge on any atom is 0.169 e. The van der Waals surface area contributed by atoms with Crippen LogP contribution in [0.15, 0.2) is 12.3 Å². The van der Waals surface area contributed by atoms with Crippen LogP contribution >= 0.6 is 0 Å². The van der Waals surface area contributed by atoms with Crippen LogP contribution in [0, 0.1) is 11.3 Å². The van der Waals surface area contributed by atoms with Gasteiger partial charge < -0.3 is 24.6 Å². The van der Waals surface area contributed by atoms with Crippen LogP contribution in [-0.4, -0.2) is 53.0 Å². The van der Waals surface area contributed by atoms with Crippen molar-refractivity contribution < 1.29 is 19.7 Å². The molecule has 2 rings (SSSR count). The summed E-state index contributed by atoms with van der Waals surface area (Å²) in [4.78, 5) is 1.70. The summed E-state index contributed by atoms with van der Waals surface area (Å²) in [5.41, 5.74) is 0.341. The van der Waals surface area contributed by atoms with Gasteiger partial charge in [0.25, 0.3) is 0 Å². The molecular weight excluding hydrogens is 294 g/mol. The second kappa shape index (κ2) is 7.51. The van der Waals surface area contributed by atoms with Crippen LogP contribution in [0.1, 0.15) is 53.4 Å². The third-order valence-corrected chi connectivity index (χ3v) is 5.19. The van der Waals surface area contributed by atoms with E-state index < -0.39 is 12.0 Å². The Hall–Kier alpha value is -0.620. The van der Waals surface area contributed by atoms with Crippen molar-refractivity contribution >= 4 is 0 Å². The second-order valence-corrected chi connectivity index (χ2v) is 7.94. The molecule has 1 aliphatic heterocycles. The number of hydrogen-bond acceptors (Lipinski definition) is 5. The van der Waals surface area contributed by atoms with Gasteiger partial charge in [-0.3, -0.25) is 0 Å². The van der Waals surface area contributed by atoms with Crippen LogP contribution in [0.5, 0.6) is 0 Å². The first kappa shape index (κ1) is 18.7. The van der Waals surface area contributed by atoms with Gasteiger partial charge in [-0.05, 0) is 37.3 Å². The maximum absolute atomic E-state index is 9.86. The quantitative estimate of drug-likeness (QED) is 0.760. The number of hydrogen-bond donors (Lipinski definition) is 2. The molecule has 1 spiro atoms. The van der Waals surface area contributed by atoms with Gasteiger partial charge in [0.2, 0.25) is 0 Å². The molecule has 0 aromatic rings. The van der Waals surface area contributed by atoms with Gasteiger partial charge in [0.15, 0.2) is 5.79 Å². The van der Waals surface area contributed by atoms with Crippen LogP contribution in [-0.2, 0) is 9.47 Å². The molecule has 2 fully saturated rings. The van der Waals surface area contributed by atoms with Gasteiger partial charge in [-0.2, -0.15) is 0 Å². The first-order chi connectivity index (χ1) is 10.8. The van der Waals surface area contributed by atoms with E-state index >= 15 is 0 Å². The van der Waals surface area contributed by atoms with Crippen molar-refractivity contribution in [2.45, 2.75) is 71.5 Å². The number of aliphatic hydroxyl groups is 2. The Morgan fingerprint density at radius 2 is 1.96 bits per heavy atom. The lowest BCUT2D eigenvalue weighted by Gasteiger charge is -2.41. The predicted octanol–water partition coefficient (Wildman–Crippen LogP) is 2.48. The van der Waals surface area contributed by atoms with Crippen LogP contribution in [0.3, 0.4) is 0 Å². The Morgan fingerprint density at radius 3 is 2.48 bits per heavy atom. The van der Waals surface area contributed by atoms with Crippen molar-refractivity contribution in [2.75, 3.05) is 19.8 Å². The Balaban J connectivity index is 1.89. The van der Waals surface area contributed by atoms with Crippen molar-refractivity contribution in [1.29, 1.82) is 0 Å². The molecule has 0 radical (unpaired) electrons. The number of ether oxygens (including phenoxy) is 2. The molecule has 0 amide bonds. The summed E-state index contributed by atoms with van der Waals surface area (Å²) in [6.45, 7) is 9.58. The molecule has 2 unspecified atom stereocenters. The zero-order valence-electron chi connectivity index (χ0n) is 15.0. The fourth-order valence-corrected chi connectivity index (χ4v) is 3.71. The lowest BCUT2D eigenvalue weighted by molar-refractivity contribution is -0.198. The maximum atomic E-state index is 9.86. The van der Waals surface area contributed by atoms with Crippen molar-refractivity contribution in [3.8, 4) is 0 Å². The van der Waals surface area contributed by atoms with E-state index in [0.29, 0.717) is 18.6 Å². The molecule has 0 aromatic carbocycles. The SMILES string of the molecule is C/C=C/N(CC1COC2(CCC(C(C)(C)C)CC2)O1)C(O)CO. The van der Waals surface area contributed by atoms with E-state index in [1.165, 1.54) is 0 Å². The minimum absolute atomic E-state index is 0.0708. The summed E-state index contributed by atoms with van der Waals surface area (Å²) < 4.78 is 12.3. The van der Waals surface area contributed by atoms with Crippen molar-refractivity contribution in [3.63, 3.8) is 0 Å². The highest BCUT2D eigenvalue weighted by Crippen LogP contribution is 2.45. The zero-order valence-corrected chi connectivity index (χ0v) is 15.0. The summed E-state index contributed by atoms with van der Waals surface area (Å²) in [7, 11) is 0. The van der Waals surface area contributed by atoms with Crippen LogP contribution in [0.4, 0.5) is 0 Å². The second-order valence-electron chi connectivity index (χ2n) is 7.94. The van der Waals surface area contributed by atoms with Crippen LogP contribution < -0.4 is 0 Å². The lowest BCUT2D eigenvalue weighted by Crippen LogP contribution is -2.42. The fourth-order valence-electron chi connectivity index (χ4n) is 3.71. The van der Waals surface area contributed by atoms with Crippen LogP contribution in [0.2, 0.25) is 0 Å².